The van der Waals surface area contributed by atoms with E-state index in [1.165, 1.54) is 42.3 Å². The van der Waals surface area contributed by atoms with E-state index in [0.717, 1.165) is 32.5 Å². The van der Waals surface area contributed by atoms with Crippen molar-refractivity contribution in [3.05, 3.63) is 187 Å². The van der Waals surface area contributed by atoms with Crippen LogP contribution in [0.2, 0.25) is 17.3 Å². The average Bonchev–Trinajstić information content (AvgIpc) is 3.62. The molecule has 0 aliphatic rings. The number of benzene rings is 6. The quantitative estimate of drug-likeness (QED) is 0.123. The molecule has 9 aromatic rings. The van der Waals surface area contributed by atoms with Gasteiger partial charge in [-0.1, -0.05) is 84.2 Å². The summed E-state index contributed by atoms with van der Waals surface area (Å²) in [5.41, 5.74) is 11.4. The molecule has 5 heteroatoms. The molecule has 3 heterocycles. The van der Waals surface area contributed by atoms with Crippen LogP contribution in [-0.2, 0) is 20.1 Å². The fourth-order valence-electron chi connectivity index (χ4n) is 7.09. The summed E-state index contributed by atoms with van der Waals surface area (Å²) in [6.45, 7) is -0.0560. The van der Waals surface area contributed by atoms with Gasteiger partial charge >= 0.3 is 142 Å². The van der Waals surface area contributed by atoms with E-state index in [-0.39, 0.29) is 20.1 Å². The number of pyridine rings is 2. The standard InChI is InChI=1S/C30H20NS.C21H22GeN.Ir/c1-20-17-28(31-19-27(20)22-11-6-3-7-12-22)26-14-8-13-25-24-16-15-23(18-29(24)32-30(25)26)21-9-4-2-5-10-21;1-16-13-21(23-15-20(16)22(2,3)4)19-12-8-11-18(14-19)17-9-6-5-7-10-17;/h2-13,15-19H,1H3;5-11,13-15H,1-4H3;/q2*-1;/i1D3;;. The van der Waals surface area contributed by atoms with Gasteiger partial charge in [-0.15, -0.1) is 23.8 Å². The Balaban J connectivity index is 0.000000192. The molecule has 0 unspecified atom stereocenters. The van der Waals surface area contributed by atoms with Crippen molar-refractivity contribution in [2.24, 2.45) is 0 Å². The van der Waals surface area contributed by atoms with Crippen molar-refractivity contribution in [2.75, 3.05) is 0 Å². The average molecular weight is 983 g/mol. The molecule has 0 aliphatic carbocycles. The van der Waals surface area contributed by atoms with Crippen LogP contribution >= 0.6 is 11.3 Å². The van der Waals surface area contributed by atoms with Crippen LogP contribution in [0.5, 0.6) is 0 Å². The zero-order chi connectivity index (χ0) is 40.4. The van der Waals surface area contributed by atoms with E-state index in [4.69, 9.17) is 14.1 Å². The van der Waals surface area contributed by atoms with Crippen LogP contribution in [0.4, 0.5) is 0 Å². The first kappa shape index (κ1) is 35.4. The monoisotopic (exact) mass is 984 g/mol. The zero-order valence-electron chi connectivity index (χ0n) is 34.7. The Hall–Kier alpha value is -4.97. The van der Waals surface area contributed by atoms with E-state index >= 15 is 0 Å². The molecule has 0 atom stereocenters. The van der Waals surface area contributed by atoms with Crippen molar-refractivity contribution in [2.45, 2.75) is 31.0 Å². The maximum atomic E-state index is 8.18. The van der Waals surface area contributed by atoms with Gasteiger partial charge in [0.2, 0.25) is 0 Å². The fraction of sp³-hybridized carbons (Fsp3) is 0.0980. The third-order valence-electron chi connectivity index (χ3n) is 9.89. The Kier molecular flexibility index (Phi) is 10.8. The third-order valence-corrected chi connectivity index (χ3v) is 15.6. The summed E-state index contributed by atoms with van der Waals surface area (Å²) in [5, 5.41) is 2.31. The minimum Gasteiger partial charge on any atom is -0.304 e. The number of hydrogen-bond acceptors (Lipinski definition) is 3. The number of thiophene rings is 1. The summed E-state index contributed by atoms with van der Waals surface area (Å²) in [5.74, 6) is 7.23. The number of nitrogens with zero attached hydrogens (tertiary/aromatic N) is 2. The number of hydrogen-bond donors (Lipinski definition) is 0. The minimum atomic E-state index is -2.26. The molecule has 0 aliphatic heterocycles. The van der Waals surface area contributed by atoms with E-state index in [2.05, 4.69) is 121 Å². The molecular weight excluding hydrogens is 937 g/mol. The molecule has 0 spiro atoms. The van der Waals surface area contributed by atoms with Crippen LogP contribution in [0.25, 0.3) is 76.1 Å². The van der Waals surface area contributed by atoms with Gasteiger partial charge in [-0.3, -0.25) is 0 Å². The summed E-state index contributed by atoms with van der Waals surface area (Å²) >= 11 is -0.153. The van der Waals surface area contributed by atoms with Crippen LogP contribution in [0, 0.1) is 25.9 Å². The van der Waals surface area contributed by atoms with Crippen molar-refractivity contribution < 1.29 is 24.2 Å². The topological polar surface area (TPSA) is 25.8 Å². The molecular formula is C51H42GeIrN2S-2. The molecule has 6 aromatic carbocycles. The van der Waals surface area contributed by atoms with Gasteiger partial charge in [-0.25, -0.2) is 0 Å². The van der Waals surface area contributed by atoms with Crippen LogP contribution in [0.3, 0.4) is 0 Å². The van der Waals surface area contributed by atoms with Gasteiger partial charge < -0.3 is 4.98 Å². The maximum absolute atomic E-state index is 8.18. The molecule has 0 saturated heterocycles. The number of fused-ring (bicyclic) bond motifs is 3. The SMILES string of the molecule is Cc1cc(-c2[c-]ccc(-c3ccccc3)c2)nc[c]1[Ge]([CH3])([CH3])[CH3].[2H]C([2H])([2H])c1cc(-c2[c-]ccc3c2sc2cc(-c4ccccc4)ccc23)ncc1-c1ccccc1.[Ir]. The van der Waals surface area contributed by atoms with E-state index < -0.39 is 20.1 Å². The molecule has 0 N–H and O–H groups in total. The number of rotatable bonds is 6. The van der Waals surface area contributed by atoms with E-state index in [0.29, 0.717) is 16.8 Å². The Bertz CT molecular complexity index is 2870. The predicted molar refractivity (Wildman–Crippen MR) is 239 cm³/mol. The van der Waals surface area contributed by atoms with Crippen molar-refractivity contribution in [3.63, 3.8) is 0 Å². The van der Waals surface area contributed by atoms with Crippen LogP contribution < -0.4 is 4.40 Å². The molecule has 56 heavy (non-hydrogen) atoms. The van der Waals surface area contributed by atoms with Gasteiger partial charge in [-0.2, -0.15) is 11.3 Å². The van der Waals surface area contributed by atoms with Gasteiger partial charge in [0.25, 0.3) is 0 Å². The molecule has 0 bridgehead atoms. The molecule has 0 amide bonds. The largest absolute Gasteiger partial charge is 0.304 e. The summed E-state index contributed by atoms with van der Waals surface area (Å²) in [4.78, 5) is 9.44. The predicted octanol–water partition coefficient (Wildman–Crippen LogP) is 13.6. The summed E-state index contributed by atoms with van der Waals surface area (Å²) in [6, 6.07) is 57.7. The second-order valence-electron chi connectivity index (χ2n) is 14.7. The van der Waals surface area contributed by atoms with Crippen LogP contribution in [-0.4, -0.2) is 23.2 Å². The maximum Gasteiger partial charge on any atom is 0.0280 e. The molecule has 0 saturated carbocycles. The first-order valence-electron chi connectivity index (χ1n) is 20.0. The van der Waals surface area contributed by atoms with Crippen molar-refractivity contribution in [1.29, 1.82) is 0 Å². The molecule has 9 rings (SSSR count). The normalized spacial score (nSPS) is 12.2. The molecule has 2 nitrogen and oxygen atoms in total. The molecule has 277 valence electrons. The minimum absolute atomic E-state index is 0. The van der Waals surface area contributed by atoms with Gasteiger partial charge in [0.05, 0.1) is 0 Å². The van der Waals surface area contributed by atoms with Gasteiger partial charge in [0.15, 0.2) is 0 Å². The first-order valence-corrected chi connectivity index (χ1v) is 26.6. The van der Waals surface area contributed by atoms with Gasteiger partial charge in [0.1, 0.15) is 0 Å². The second-order valence-corrected chi connectivity index (χ2v) is 26.4. The summed E-state index contributed by atoms with van der Waals surface area (Å²) < 4.78 is 28.2. The Labute approximate surface area is 355 Å². The second kappa shape index (κ2) is 17.0. The molecule has 3 aromatic heterocycles. The molecule has 0 fully saturated rings. The Morgan fingerprint density at radius 3 is 1.82 bits per heavy atom. The Morgan fingerprint density at radius 2 is 1.18 bits per heavy atom. The van der Waals surface area contributed by atoms with Crippen molar-refractivity contribution >= 4 is 49.2 Å². The summed E-state index contributed by atoms with van der Waals surface area (Å²) in [7, 11) is 0. The zero-order valence-corrected chi connectivity index (χ0v) is 37.0. The van der Waals surface area contributed by atoms with Gasteiger partial charge in [-0.05, 0) is 51.0 Å². The van der Waals surface area contributed by atoms with Crippen molar-refractivity contribution in [3.8, 4) is 55.9 Å². The Morgan fingerprint density at radius 1 is 0.571 bits per heavy atom. The fourth-order valence-corrected chi connectivity index (χ4v) is 11.9. The third kappa shape index (κ3) is 8.40. The van der Waals surface area contributed by atoms with Crippen molar-refractivity contribution in [1.82, 2.24) is 9.97 Å². The van der Waals surface area contributed by atoms with Crippen LogP contribution in [0.15, 0.2) is 164 Å². The van der Waals surface area contributed by atoms with E-state index in [1.807, 2.05) is 66.7 Å². The van der Waals surface area contributed by atoms with Crippen LogP contribution in [0.1, 0.15) is 15.2 Å². The van der Waals surface area contributed by atoms with Gasteiger partial charge in [0, 0.05) is 40.7 Å². The summed E-state index contributed by atoms with van der Waals surface area (Å²) in [6.07, 6.45) is 3.77. The molecule has 1 radical (unpaired) electrons. The number of aromatic nitrogens is 2. The number of aryl methyl sites for hydroxylation is 2. The van der Waals surface area contributed by atoms with E-state index in [1.54, 1.807) is 23.6 Å². The van der Waals surface area contributed by atoms with E-state index in [9.17, 15) is 0 Å². The first-order chi connectivity index (χ1) is 27.9. The smallest absolute Gasteiger partial charge is 0.0280 e.